The molecule has 0 unspecified atom stereocenters. The number of hydrogen-bond donors (Lipinski definition) is 1. The highest BCUT2D eigenvalue weighted by Gasteiger charge is 2.56. The van der Waals surface area contributed by atoms with E-state index in [2.05, 4.69) is 5.10 Å². The van der Waals surface area contributed by atoms with Crippen molar-refractivity contribution < 1.29 is 31.9 Å². The lowest BCUT2D eigenvalue weighted by molar-refractivity contribution is -0.151. The Morgan fingerprint density at radius 1 is 1.38 bits per heavy atom. The molecule has 1 heterocycles. The summed E-state index contributed by atoms with van der Waals surface area (Å²) < 4.78 is 64.8. The van der Waals surface area contributed by atoms with Crippen LogP contribution in [0.5, 0.6) is 0 Å². The van der Waals surface area contributed by atoms with Crippen molar-refractivity contribution in [2.24, 2.45) is 11.8 Å². The van der Waals surface area contributed by atoms with E-state index in [1.54, 1.807) is 0 Å². The van der Waals surface area contributed by atoms with Crippen LogP contribution in [0.15, 0.2) is 0 Å². The number of carboxylic acids is 1. The standard InChI is InChI=1S/C12H13F5N2O2/c1-5-8(10(20)21)19(18-9(5)11(2,13)14)4-6-3-7(6)12(15,16)17/h6-7H,3-4H2,1-2H3,(H,20,21)/t6-,7+/m0/s1. The van der Waals surface area contributed by atoms with E-state index in [0.717, 1.165) is 4.68 Å². The van der Waals surface area contributed by atoms with Crippen molar-refractivity contribution in [3.05, 3.63) is 17.0 Å². The molecule has 21 heavy (non-hydrogen) atoms. The van der Waals surface area contributed by atoms with Gasteiger partial charge < -0.3 is 5.11 Å². The molecule has 0 bridgehead atoms. The van der Waals surface area contributed by atoms with E-state index >= 15 is 0 Å². The molecule has 1 aliphatic rings. The normalized spacial score (nSPS) is 22.4. The zero-order valence-electron chi connectivity index (χ0n) is 11.2. The lowest BCUT2D eigenvalue weighted by Crippen LogP contribution is -2.17. The molecule has 1 saturated carbocycles. The Hall–Kier alpha value is -1.67. The predicted octanol–water partition coefficient (Wildman–Crippen LogP) is 3.20. The summed E-state index contributed by atoms with van der Waals surface area (Å²) in [6.07, 6.45) is -4.49. The molecule has 0 aromatic carbocycles. The fourth-order valence-electron chi connectivity index (χ4n) is 2.44. The summed E-state index contributed by atoms with van der Waals surface area (Å²) in [6.45, 7) is 1.41. The predicted molar refractivity (Wildman–Crippen MR) is 61.1 cm³/mol. The van der Waals surface area contributed by atoms with E-state index in [4.69, 9.17) is 5.11 Å². The molecule has 2 rings (SSSR count). The number of nitrogens with zero attached hydrogens (tertiary/aromatic N) is 2. The highest BCUT2D eigenvalue weighted by Crippen LogP contribution is 2.51. The molecular formula is C12H13F5N2O2. The summed E-state index contributed by atoms with van der Waals surface area (Å²) in [5.41, 5.74) is -1.43. The van der Waals surface area contributed by atoms with E-state index in [-0.39, 0.29) is 18.5 Å². The number of halogens is 5. The first-order valence-corrected chi connectivity index (χ1v) is 6.18. The number of aromatic carboxylic acids is 1. The van der Waals surface area contributed by atoms with Gasteiger partial charge in [0.05, 0.1) is 5.92 Å². The minimum atomic E-state index is -4.35. The summed E-state index contributed by atoms with van der Waals surface area (Å²) in [5.74, 6) is -7.18. The van der Waals surface area contributed by atoms with Crippen molar-refractivity contribution in [3.63, 3.8) is 0 Å². The lowest BCUT2D eigenvalue weighted by Gasteiger charge is -2.07. The molecule has 2 atom stereocenters. The summed E-state index contributed by atoms with van der Waals surface area (Å²) >= 11 is 0. The van der Waals surface area contributed by atoms with Crippen molar-refractivity contribution in [1.82, 2.24) is 9.78 Å². The molecule has 0 saturated heterocycles. The lowest BCUT2D eigenvalue weighted by atomic mass is 10.1. The third-order valence-electron chi connectivity index (χ3n) is 3.56. The zero-order valence-corrected chi connectivity index (χ0v) is 11.2. The monoisotopic (exact) mass is 312 g/mol. The minimum Gasteiger partial charge on any atom is -0.477 e. The smallest absolute Gasteiger partial charge is 0.392 e. The van der Waals surface area contributed by atoms with Gasteiger partial charge in [0.15, 0.2) is 0 Å². The highest BCUT2D eigenvalue weighted by atomic mass is 19.4. The van der Waals surface area contributed by atoms with E-state index in [9.17, 15) is 26.7 Å². The summed E-state index contributed by atoms with van der Waals surface area (Å²) in [6, 6.07) is 0. The van der Waals surface area contributed by atoms with Gasteiger partial charge in [0, 0.05) is 19.0 Å². The number of carbonyl (C=O) groups is 1. The van der Waals surface area contributed by atoms with Gasteiger partial charge in [-0.2, -0.15) is 27.1 Å². The highest BCUT2D eigenvalue weighted by molar-refractivity contribution is 5.87. The Balaban J connectivity index is 2.30. The molecule has 0 amide bonds. The van der Waals surface area contributed by atoms with Gasteiger partial charge in [0.1, 0.15) is 11.4 Å². The van der Waals surface area contributed by atoms with Crippen molar-refractivity contribution >= 4 is 5.97 Å². The fraction of sp³-hybridized carbons (Fsp3) is 0.667. The molecule has 0 aliphatic heterocycles. The molecule has 1 N–H and O–H groups in total. The van der Waals surface area contributed by atoms with Gasteiger partial charge in [-0.3, -0.25) is 4.68 Å². The van der Waals surface area contributed by atoms with Gasteiger partial charge in [-0.15, -0.1) is 0 Å². The summed E-state index contributed by atoms with van der Waals surface area (Å²) in [4.78, 5) is 11.1. The maximum absolute atomic E-state index is 13.3. The Kier molecular flexibility index (Phi) is 3.50. The topological polar surface area (TPSA) is 55.1 Å². The molecule has 9 heteroatoms. The van der Waals surface area contributed by atoms with Crippen LogP contribution in [0, 0.1) is 18.8 Å². The molecule has 118 valence electrons. The summed E-state index contributed by atoms with van der Waals surface area (Å²) in [5, 5.41) is 12.6. The molecule has 1 aromatic rings. The van der Waals surface area contributed by atoms with E-state index < -0.39 is 41.3 Å². The maximum atomic E-state index is 13.3. The minimum absolute atomic E-state index is 0.140. The second-order valence-corrected chi connectivity index (χ2v) is 5.34. The van der Waals surface area contributed by atoms with E-state index in [1.165, 1.54) is 6.92 Å². The van der Waals surface area contributed by atoms with Crippen LogP contribution >= 0.6 is 0 Å². The number of hydrogen-bond acceptors (Lipinski definition) is 2. The van der Waals surface area contributed by atoms with Crippen molar-refractivity contribution in [3.8, 4) is 0 Å². The van der Waals surface area contributed by atoms with Crippen LogP contribution in [0.1, 0.15) is 35.1 Å². The molecule has 0 radical (unpaired) electrons. The van der Waals surface area contributed by atoms with Gasteiger partial charge in [-0.25, -0.2) is 4.79 Å². The maximum Gasteiger partial charge on any atom is 0.392 e. The first-order chi connectivity index (χ1) is 9.43. The molecule has 1 aromatic heterocycles. The molecular weight excluding hydrogens is 299 g/mol. The Labute approximate surface area is 116 Å². The number of aromatic nitrogens is 2. The van der Waals surface area contributed by atoms with E-state index in [1.807, 2.05) is 0 Å². The third-order valence-corrected chi connectivity index (χ3v) is 3.56. The van der Waals surface area contributed by atoms with Crippen LogP contribution in [0.3, 0.4) is 0 Å². The van der Waals surface area contributed by atoms with Crippen molar-refractivity contribution in [2.75, 3.05) is 0 Å². The number of carboxylic acid groups (broad SMARTS) is 1. The number of alkyl halides is 5. The largest absolute Gasteiger partial charge is 0.477 e. The Bertz CT molecular complexity index is 573. The van der Waals surface area contributed by atoms with Crippen molar-refractivity contribution in [2.45, 2.75) is 38.9 Å². The zero-order chi connectivity index (χ0) is 16.2. The molecule has 1 fully saturated rings. The Morgan fingerprint density at radius 2 is 1.95 bits per heavy atom. The average molecular weight is 312 g/mol. The third kappa shape index (κ3) is 3.01. The molecule has 1 aliphatic carbocycles. The first-order valence-electron chi connectivity index (χ1n) is 6.18. The van der Waals surface area contributed by atoms with Crippen LogP contribution in [-0.4, -0.2) is 27.0 Å². The fourth-order valence-corrected chi connectivity index (χ4v) is 2.44. The van der Waals surface area contributed by atoms with Gasteiger partial charge in [0.2, 0.25) is 0 Å². The van der Waals surface area contributed by atoms with Gasteiger partial charge in [-0.1, -0.05) is 0 Å². The van der Waals surface area contributed by atoms with Crippen LogP contribution in [0.4, 0.5) is 22.0 Å². The average Bonchev–Trinajstić information content (AvgIpc) is 2.94. The van der Waals surface area contributed by atoms with Crippen LogP contribution in [0.25, 0.3) is 0 Å². The quantitative estimate of drug-likeness (QED) is 0.869. The molecule has 0 spiro atoms. The first kappa shape index (κ1) is 15.7. The van der Waals surface area contributed by atoms with Gasteiger partial charge in [0.25, 0.3) is 5.92 Å². The van der Waals surface area contributed by atoms with Gasteiger partial charge in [-0.05, 0) is 19.3 Å². The second kappa shape index (κ2) is 4.67. The SMILES string of the molecule is Cc1c(C(C)(F)F)nn(C[C@@H]2C[C@H]2C(F)(F)F)c1C(=O)O. The van der Waals surface area contributed by atoms with E-state index in [0.29, 0.717) is 6.92 Å². The van der Waals surface area contributed by atoms with Crippen LogP contribution < -0.4 is 0 Å². The van der Waals surface area contributed by atoms with Gasteiger partial charge >= 0.3 is 12.1 Å². The van der Waals surface area contributed by atoms with Crippen LogP contribution in [-0.2, 0) is 12.5 Å². The van der Waals surface area contributed by atoms with Crippen molar-refractivity contribution in [1.29, 1.82) is 0 Å². The Morgan fingerprint density at radius 3 is 2.33 bits per heavy atom. The molecule has 4 nitrogen and oxygen atoms in total. The second-order valence-electron chi connectivity index (χ2n) is 5.34. The summed E-state index contributed by atoms with van der Waals surface area (Å²) in [7, 11) is 0. The van der Waals surface area contributed by atoms with Crippen LogP contribution in [0.2, 0.25) is 0 Å². The number of rotatable bonds is 4.